The van der Waals surface area contributed by atoms with Crippen LogP contribution in [-0.2, 0) is 11.3 Å². The van der Waals surface area contributed by atoms with Gasteiger partial charge in [0.1, 0.15) is 17.8 Å². The maximum Gasteiger partial charge on any atom is 0.406 e. The summed E-state index contributed by atoms with van der Waals surface area (Å²) in [4.78, 5) is 32.2. The van der Waals surface area contributed by atoms with Crippen LogP contribution in [0.15, 0.2) is 36.7 Å². The molecule has 2 atom stereocenters. The predicted molar refractivity (Wildman–Crippen MR) is 159 cm³/mol. The van der Waals surface area contributed by atoms with E-state index < -0.39 is 18.6 Å². The number of nitrogens with zero attached hydrogens (tertiary/aromatic N) is 3. The highest BCUT2D eigenvalue weighted by atomic mass is 19.4. The summed E-state index contributed by atoms with van der Waals surface area (Å²) in [5.41, 5.74) is 1.87. The number of alkyl halides is 3. The molecule has 0 spiro atoms. The van der Waals surface area contributed by atoms with Gasteiger partial charge in [0.25, 0.3) is 11.8 Å². The van der Waals surface area contributed by atoms with Crippen molar-refractivity contribution in [3.63, 3.8) is 0 Å². The lowest BCUT2D eigenvalue weighted by atomic mass is 9.92. The number of likely N-dealkylation sites (tertiary alicyclic amines) is 1. The van der Waals surface area contributed by atoms with Crippen molar-refractivity contribution in [3.05, 3.63) is 53.3 Å². The van der Waals surface area contributed by atoms with E-state index in [1.54, 1.807) is 24.3 Å². The van der Waals surface area contributed by atoms with Crippen LogP contribution in [0.1, 0.15) is 39.6 Å². The molecule has 0 aliphatic carbocycles. The van der Waals surface area contributed by atoms with E-state index in [4.69, 9.17) is 9.47 Å². The van der Waals surface area contributed by atoms with Gasteiger partial charge in [0.2, 0.25) is 0 Å². The molecule has 3 aromatic rings. The lowest BCUT2D eigenvalue weighted by molar-refractivity contribution is -0.139. The van der Waals surface area contributed by atoms with Crippen LogP contribution >= 0.6 is 0 Å². The number of methoxy groups -OCH3 is 1. The first-order valence-electron chi connectivity index (χ1n) is 14.4. The van der Waals surface area contributed by atoms with Crippen molar-refractivity contribution in [2.24, 2.45) is 5.92 Å². The zero-order chi connectivity index (χ0) is 31.4. The van der Waals surface area contributed by atoms with E-state index in [0.29, 0.717) is 28.6 Å². The molecule has 44 heavy (non-hydrogen) atoms. The van der Waals surface area contributed by atoms with Gasteiger partial charge in [0, 0.05) is 37.3 Å². The van der Waals surface area contributed by atoms with Crippen molar-refractivity contribution in [1.82, 2.24) is 25.1 Å². The van der Waals surface area contributed by atoms with Gasteiger partial charge in [-0.15, -0.1) is 0 Å². The van der Waals surface area contributed by atoms with Crippen LogP contribution in [0.5, 0.6) is 5.75 Å². The van der Waals surface area contributed by atoms with Gasteiger partial charge in [-0.2, -0.15) is 13.2 Å². The van der Waals surface area contributed by atoms with Gasteiger partial charge in [0.15, 0.2) is 0 Å². The quantitative estimate of drug-likeness (QED) is 0.335. The van der Waals surface area contributed by atoms with Crippen molar-refractivity contribution < 1.29 is 32.2 Å². The highest BCUT2D eigenvalue weighted by Gasteiger charge is 2.34. The van der Waals surface area contributed by atoms with Crippen LogP contribution in [0.4, 0.5) is 18.9 Å². The van der Waals surface area contributed by atoms with Gasteiger partial charge in [-0.3, -0.25) is 14.5 Å². The fraction of sp³-hybridized carbons (Fsp3) is 0.452. The molecule has 1 aromatic heterocycles. The lowest BCUT2D eigenvalue weighted by Gasteiger charge is -2.44. The van der Waals surface area contributed by atoms with E-state index in [1.807, 2.05) is 0 Å². The molecule has 2 amide bonds. The Morgan fingerprint density at radius 2 is 1.98 bits per heavy atom. The lowest BCUT2D eigenvalue weighted by Crippen LogP contribution is -2.57. The van der Waals surface area contributed by atoms with Crippen LogP contribution < -0.4 is 20.7 Å². The molecule has 10 nitrogen and oxygen atoms in total. The number of anilines is 1. The molecule has 0 radical (unpaired) electrons. The molecule has 2 fully saturated rings. The van der Waals surface area contributed by atoms with Gasteiger partial charge >= 0.3 is 6.18 Å². The third-order valence-corrected chi connectivity index (χ3v) is 8.00. The van der Waals surface area contributed by atoms with E-state index in [2.05, 4.69) is 44.6 Å². The molecule has 2 aliphatic rings. The minimum atomic E-state index is -4.47. The SMILES string of the molecule is CNC(=O)c1ccc(OC)c(NCC#Cc2cc(C(=O)N[C@H]3CCN(C4COC4)C[C@@H]3C)c3ncn(CC(F)(F)F)c3c2)c1. The molecular weight excluding hydrogens is 577 g/mol. The van der Waals surface area contributed by atoms with Crippen LogP contribution in [0, 0.1) is 17.8 Å². The van der Waals surface area contributed by atoms with Crippen molar-refractivity contribution in [2.45, 2.75) is 38.1 Å². The monoisotopic (exact) mass is 612 g/mol. The summed E-state index contributed by atoms with van der Waals surface area (Å²) in [7, 11) is 3.04. The van der Waals surface area contributed by atoms with E-state index in [1.165, 1.54) is 20.2 Å². The Morgan fingerprint density at radius 3 is 2.64 bits per heavy atom. The Hall–Kier alpha value is -4.28. The number of rotatable bonds is 8. The van der Waals surface area contributed by atoms with E-state index in [9.17, 15) is 22.8 Å². The molecule has 2 aliphatic heterocycles. The number of halogens is 3. The molecule has 2 aromatic carbocycles. The fourth-order valence-electron chi connectivity index (χ4n) is 5.55. The van der Waals surface area contributed by atoms with E-state index in [-0.39, 0.29) is 41.0 Å². The molecule has 2 saturated heterocycles. The third kappa shape index (κ3) is 7.09. The molecule has 3 heterocycles. The van der Waals surface area contributed by atoms with Gasteiger partial charge in [-0.05, 0) is 42.7 Å². The average molecular weight is 613 g/mol. The molecule has 13 heteroatoms. The highest BCUT2D eigenvalue weighted by Crippen LogP contribution is 2.27. The second kappa shape index (κ2) is 13.2. The number of nitrogens with one attached hydrogen (secondary N) is 3. The smallest absolute Gasteiger partial charge is 0.406 e. The number of carbonyl (C=O) groups is 2. The number of benzene rings is 2. The summed E-state index contributed by atoms with van der Waals surface area (Å²) in [5.74, 6) is 5.94. The Balaban J connectivity index is 1.37. The third-order valence-electron chi connectivity index (χ3n) is 8.00. The minimum absolute atomic E-state index is 0.0912. The van der Waals surface area contributed by atoms with Crippen molar-refractivity contribution >= 4 is 28.5 Å². The topological polar surface area (TPSA) is 110 Å². The normalized spacial score (nSPS) is 19.0. The number of hydrogen-bond donors (Lipinski definition) is 3. The van der Waals surface area contributed by atoms with Crippen LogP contribution in [-0.4, -0.2) is 91.5 Å². The molecule has 0 saturated carbocycles. The van der Waals surface area contributed by atoms with Gasteiger partial charge in [-0.1, -0.05) is 18.8 Å². The highest BCUT2D eigenvalue weighted by molar-refractivity contribution is 6.05. The summed E-state index contributed by atoms with van der Waals surface area (Å²) in [6.45, 7) is 4.07. The number of fused-ring (bicyclic) bond motifs is 1. The Bertz CT molecular complexity index is 1590. The second-order valence-electron chi connectivity index (χ2n) is 11.1. The van der Waals surface area contributed by atoms with Gasteiger partial charge in [0.05, 0.1) is 56.0 Å². The summed E-state index contributed by atoms with van der Waals surface area (Å²) in [6.07, 6.45) is -2.62. The molecule has 0 bridgehead atoms. The van der Waals surface area contributed by atoms with Gasteiger partial charge in [-0.25, -0.2) is 4.98 Å². The first-order chi connectivity index (χ1) is 21.1. The van der Waals surface area contributed by atoms with Crippen molar-refractivity contribution in [1.29, 1.82) is 0 Å². The standard InChI is InChI=1S/C31H35F3N6O4/c1-19-14-39(22-15-44-16-22)10-8-24(19)38-30(42)23-11-20(12-26-28(23)37-18-40(26)17-31(32,33)34)5-4-9-36-25-13-21(29(41)35-2)6-7-27(25)43-3/h6-7,11-13,18-19,22,24,36H,8-10,14-17H2,1-3H3,(H,35,41)(H,38,42)/t19-,24-/m0/s1. The molecule has 234 valence electrons. The summed E-state index contributed by atoms with van der Waals surface area (Å²) in [6, 6.07) is 8.32. The molecular formula is C31H35F3N6O4. The maximum absolute atomic E-state index is 13.6. The number of amides is 2. The molecule has 3 N–H and O–H groups in total. The Kier molecular flexibility index (Phi) is 9.31. The largest absolute Gasteiger partial charge is 0.495 e. The molecule has 0 unspecified atom stereocenters. The number of ether oxygens (including phenoxy) is 2. The minimum Gasteiger partial charge on any atom is -0.495 e. The van der Waals surface area contributed by atoms with Crippen LogP contribution in [0.2, 0.25) is 0 Å². The van der Waals surface area contributed by atoms with Crippen molar-refractivity contribution in [3.8, 4) is 17.6 Å². The zero-order valence-electron chi connectivity index (χ0n) is 24.8. The maximum atomic E-state index is 13.6. The summed E-state index contributed by atoms with van der Waals surface area (Å²) in [5, 5.41) is 8.78. The Labute approximate surface area is 253 Å². The number of carbonyl (C=O) groups excluding carboxylic acids is 2. The zero-order valence-corrected chi connectivity index (χ0v) is 24.8. The fourth-order valence-corrected chi connectivity index (χ4v) is 5.55. The Morgan fingerprint density at radius 1 is 1.18 bits per heavy atom. The number of imidazole rings is 1. The summed E-state index contributed by atoms with van der Waals surface area (Å²) >= 11 is 0. The number of hydrogen-bond acceptors (Lipinski definition) is 7. The van der Waals surface area contributed by atoms with Crippen molar-refractivity contribution in [2.75, 3.05) is 52.3 Å². The van der Waals surface area contributed by atoms with Crippen LogP contribution in [0.25, 0.3) is 11.0 Å². The number of aromatic nitrogens is 2. The first kappa shape index (κ1) is 31.2. The van der Waals surface area contributed by atoms with E-state index >= 15 is 0 Å². The summed E-state index contributed by atoms with van der Waals surface area (Å²) < 4.78 is 51.7. The van der Waals surface area contributed by atoms with E-state index in [0.717, 1.165) is 43.6 Å². The predicted octanol–water partition coefficient (Wildman–Crippen LogP) is 3.27. The first-order valence-corrected chi connectivity index (χ1v) is 14.4. The average Bonchev–Trinajstić information content (AvgIpc) is 3.35. The molecule has 5 rings (SSSR count). The van der Waals surface area contributed by atoms with Gasteiger partial charge < -0.3 is 30.0 Å². The second-order valence-corrected chi connectivity index (χ2v) is 11.1. The van der Waals surface area contributed by atoms with Crippen LogP contribution in [0.3, 0.4) is 0 Å². The number of piperidine rings is 1.